The lowest BCUT2D eigenvalue weighted by Gasteiger charge is -1.97. The van der Waals surface area contributed by atoms with Crippen LogP contribution >= 0.6 is 15.9 Å². The second-order valence-electron chi connectivity index (χ2n) is 3.46. The first kappa shape index (κ1) is 10.9. The molecule has 5 heteroatoms. The fraction of sp³-hybridized carbons (Fsp3) is 0.0909. The molecule has 0 aliphatic heterocycles. The molecule has 0 aliphatic carbocycles. The third-order valence-corrected chi connectivity index (χ3v) is 2.77. The van der Waals surface area contributed by atoms with Gasteiger partial charge in [0.15, 0.2) is 5.78 Å². The zero-order valence-electron chi connectivity index (χ0n) is 8.29. The van der Waals surface area contributed by atoms with Gasteiger partial charge in [0.1, 0.15) is 0 Å². The molecule has 3 N–H and O–H groups in total. The minimum atomic E-state index is -0.616. The molecule has 2 rings (SSSR count). The molecule has 1 aromatic carbocycles. The monoisotopic (exact) mass is 280 g/mol. The van der Waals surface area contributed by atoms with Crippen LogP contribution in [-0.4, -0.2) is 16.7 Å². The van der Waals surface area contributed by atoms with E-state index in [1.165, 1.54) is 0 Å². The van der Waals surface area contributed by atoms with Crippen LogP contribution in [0.5, 0.6) is 0 Å². The van der Waals surface area contributed by atoms with Gasteiger partial charge in [-0.05, 0) is 18.2 Å². The standard InChI is InChI=1S/C11H9BrN2O2/c12-6-1-2-9-7(3-6)8(5-14-9)10(15)4-11(13)16/h1-3,5,14H,4H2,(H2,13,16). The van der Waals surface area contributed by atoms with E-state index in [9.17, 15) is 9.59 Å². The van der Waals surface area contributed by atoms with E-state index in [0.29, 0.717) is 5.56 Å². The van der Waals surface area contributed by atoms with Crippen LogP contribution < -0.4 is 5.73 Å². The lowest BCUT2D eigenvalue weighted by atomic mass is 10.1. The summed E-state index contributed by atoms with van der Waals surface area (Å²) in [5.74, 6) is -0.883. The predicted octanol–water partition coefficient (Wildman–Crippen LogP) is 1.99. The number of carbonyl (C=O) groups is 2. The highest BCUT2D eigenvalue weighted by molar-refractivity contribution is 9.10. The molecular formula is C11H9BrN2O2. The molecule has 16 heavy (non-hydrogen) atoms. The quantitative estimate of drug-likeness (QED) is 0.666. The van der Waals surface area contributed by atoms with Crippen LogP contribution in [0.1, 0.15) is 16.8 Å². The van der Waals surface area contributed by atoms with Crippen molar-refractivity contribution in [1.29, 1.82) is 0 Å². The molecule has 0 bridgehead atoms. The third-order valence-electron chi connectivity index (χ3n) is 2.28. The van der Waals surface area contributed by atoms with Crippen molar-refractivity contribution in [2.24, 2.45) is 5.73 Å². The Labute approximate surface area is 99.9 Å². The third kappa shape index (κ3) is 1.99. The molecule has 0 unspecified atom stereocenters. The molecule has 1 heterocycles. The number of aromatic nitrogens is 1. The van der Waals surface area contributed by atoms with E-state index >= 15 is 0 Å². The average Bonchev–Trinajstić information content (AvgIpc) is 2.59. The summed E-state index contributed by atoms with van der Waals surface area (Å²) < 4.78 is 0.882. The molecule has 0 atom stereocenters. The smallest absolute Gasteiger partial charge is 0.225 e. The zero-order chi connectivity index (χ0) is 11.7. The number of amides is 1. The molecule has 0 radical (unpaired) electrons. The number of aromatic amines is 1. The highest BCUT2D eigenvalue weighted by atomic mass is 79.9. The number of fused-ring (bicyclic) bond motifs is 1. The van der Waals surface area contributed by atoms with Crippen molar-refractivity contribution < 1.29 is 9.59 Å². The van der Waals surface area contributed by atoms with Crippen LogP contribution in [0.3, 0.4) is 0 Å². The number of carbonyl (C=O) groups excluding carboxylic acids is 2. The maximum Gasteiger partial charge on any atom is 0.225 e. The molecule has 2 aromatic rings. The number of primary amides is 1. The van der Waals surface area contributed by atoms with Crippen LogP contribution in [-0.2, 0) is 4.79 Å². The lowest BCUT2D eigenvalue weighted by Crippen LogP contribution is -2.15. The fourth-order valence-corrected chi connectivity index (χ4v) is 1.94. The summed E-state index contributed by atoms with van der Waals surface area (Å²) in [5.41, 5.74) is 6.35. The Kier molecular flexibility index (Phi) is 2.78. The minimum absolute atomic E-state index is 0.264. The molecule has 0 saturated heterocycles. The van der Waals surface area contributed by atoms with Crippen molar-refractivity contribution in [2.45, 2.75) is 6.42 Å². The molecule has 1 amide bonds. The number of rotatable bonds is 3. The van der Waals surface area contributed by atoms with Gasteiger partial charge in [-0.1, -0.05) is 15.9 Å². The van der Waals surface area contributed by atoms with Gasteiger partial charge >= 0.3 is 0 Å². The number of hydrogen-bond acceptors (Lipinski definition) is 2. The van der Waals surface area contributed by atoms with E-state index in [2.05, 4.69) is 20.9 Å². The Balaban J connectivity index is 2.48. The van der Waals surface area contributed by atoms with Crippen molar-refractivity contribution in [3.8, 4) is 0 Å². The molecule has 0 saturated carbocycles. The van der Waals surface area contributed by atoms with E-state index in [4.69, 9.17) is 5.73 Å². The van der Waals surface area contributed by atoms with Crippen LogP contribution in [0, 0.1) is 0 Å². The average molecular weight is 281 g/mol. The number of halogens is 1. The SMILES string of the molecule is NC(=O)CC(=O)c1c[nH]c2ccc(Br)cc12. The van der Waals surface area contributed by atoms with Crippen molar-refractivity contribution >= 4 is 38.5 Å². The second-order valence-corrected chi connectivity index (χ2v) is 4.37. The summed E-state index contributed by atoms with van der Waals surface area (Å²) in [6, 6.07) is 5.57. The maximum absolute atomic E-state index is 11.7. The van der Waals surface area contributed by atoms with Gasteiger partial charge in [0.05, 0.1) is 6.42 Å². The molecule has 4 nitrogen and oxygen atoms in total. The maximum atomic E-state index is 11.7. The van der Waals surface area contributed by atoms with E-state index in [-0.39, 0.29) is 12.2 Å². The first-order chi connectivity index (χ1) is 7.58. The Morgan fingerprint density at radius 1 is 1.38 bits per heavy atom. The normalized spacial score (nSPS) is 10.6. The topological polar surface area (TPSA) is 76.0 Å². The molecule has 82 valence electrons. The van der Waals surface area contributed by atoms with Crippen LogP contribution in [0.25, 0.3) is 10.9 Å². The molecule has 0 aliphatic rings. The Hall–Kier alpha value is -1.62. The zero-order valence-corrected chi connectivity index (χ0v) is 9.87. The lowest BCUT2D eigenvalue weighted by molar-refractivity contribution is -0.117. The summed E-state index contributed by atoms with van der Waals surface area (Å²) in [5, 5.41) is 0.792. The number of Topliss-reactive ketones (excluding diaryl/α,β-unsaturated/α-hetero) is 1. The summed E-state index contributed by atoms with van der Waals surface area (Å²) in [7, 11) is 0. The first-order valence-corrected chi connectivity index (χ1v) is 5.45. The summed E-state index contributed by atoms with van der Waals surface area (Å²) >= 11 is 3.33. The van der Waals surface area contributed by atoms with Gasteiger partial charge in [-0.3, -0.25) is 9.59 Å². The van der Waals surface area contributed by atoms with E-state index in [0.717, 1.165) is 15.4 Å². The van der Waals surface area contributed by atoms with Gasteiger partial charge in [-0.15, -0.1) is 0 Å². The van der Waals surface area contributed by atoms with Crippen LogP contribution in [0.4, 0.5) is 0 Å². The Morgan fingerprint density at radius 3 is 2.81 bits per heavy atom. The largest absolute Gasteiger partial charge is 0.369 e. The Morgan fingerprint density at radius 2 is 2.12 bits per heavy atom. The van der Waals surface area contributed by atoms with E-state index in [1.54, 1.807) is 6.20 Å². The van der Waals surface area contributed by atoms with Gasteiger partial charge in [-0.25, -0.2) is 0 Å². The predicted molar refractivity (Wildman–Crippen MR) is 64.1 cm³/mol. The van der Waals surface area contributed by atoms with Crippen molar-refractivity contribution in [3.05, 3.63) is 34.4 Å². The fourth-order valence-electron chi connectivity index (χ4n) is 1.58. The number of hydrogen-bond donors (Lipinski definition) is 2. The number of nitrogens with two attached hydrogens (primary N) is 1. The minimum Gasteiger partial charge on any atom is -0.369 e. The van der Waals surface area contributed by atoms with Crippen molar-refractivity contribution in [3.63, 3.8) is 0 Å². The summed E-state index contributed by atoms with van der Waals surface area (Å²) in [6.45, 7) is 0. The Bertz CT molecular complexity index is 574. The summed E-state index contributed by atoms with van der Waals surface area (Å²) in [6.07, 6.45) is 1.34. The van der Waals surface area contributed by atoms with Gasteiger partial charge in [-0.2, -0.15) is 0 Å². The van der Waals surface area contributed by atoms with E-state index < -0.39 is 5.91 Å². The van der Waals surface area contributed by atoms with E-state index in [1.807, 2.05) is 18.2 Å². The summed E-state index contributed by atoms with van der Waals surface area (Å²) in [4.78, 5) is 25.4. The number of nitrogens with one attached hydrogen (secondary N) is 1. The number of H-pyrrole nitrogens is 1. The van der Waals surface area contributed by atoms with Crippen LogP contribution in [0.2, 0.25) is 0 Å². The van der Waals surface area contributed by atoms with Crippen LogP contribution in [0.15, 0.2) is 28.9 Å². The molecule has 0 fully saturated rings. The van der Waals surface area contributed by atoms with Crippen molar-refractivity contribution in [2.75, 3.05) is 0 Å². The van der Waals surface area contributed by atoms with Gasteiger partial charge in [0.2, 0.25) is 5.91 Å². The molecule has 0 spiro atoms. The number of ketones is 1. The van der Waals surface area contributed by atoms with Crippen molar-refractivity contribution in [1.82, 2.24) is 4.98 Å². The first-order valence-electron chi connectivity index (χ1n) is 4.66. The molecular weight excluding hydrogens is 272 g/mol. The highest BCUT2D eigenvalue weighted by Crippen LogP contribution is 2.23. The molecule has 1 aromatic heterocycles. The highest BCUT2D eigenvalue weighted by Gasteiger charge is 2.14. The van der Waals surface area contributed by atoms with Gasteiger partial charge in [0, 0.05) is 27.1 Å². The second kappa shape index (κ2) is 4.09. The van der Waals surface area contributed by atoms with Gasteiger partial charge in [0.25, 0.3) is 0 Å². The van der Waals surface area contributed by atoms with Gasteiger partial charge < -0.3 is 10.7 Å². The number of benzene rings is 1.